The van der Waals surface area contributed by atoms with Crippen molar-refractivity contribution in [2.24, 2.45) is 0 Å². The molecule has 1 heterocycles. The van der Waals surface area contributed by atoms with Gasteiger partial charge < -0.3 is 5.32 Å². The van der Waals surface area contributed by atoms with Gasteiger partial charge in [-0.2, -0.15) is 5.26 Å². The smallest absolute Gasteiger partial charge is 0.0991 e. The second-order valence-corrected chi connectivity index (χ2v) is 3.69. The van der Waals surface area contributed by atoms with Gasteiger partial charge in [-0.15, -0.1) is 0 Å². The standard InChI is InChI=1S/C13H12N4/c1-10-7-16-13(8-15-10)9-17-12-4-2-11(6-14)3-5-12/h2-5,7-8,17H,9H2,1H3. The van der Waals surface area contributed by atoms with E-state index in [2.05, 4.69) is 21.4 Å². The Hall–Kier alpha value is -2.41. The van der Waals surface area contributed by atoms with Crippen LogP contribution in [0.4, 0.5) is 5.69 Å². The van der Waals surface area contributed by atoms with Crippen molar-refractivity contribution in [3.05, 3.63) is 53.6 Å². The zero-order chi connectivity index (χ0) is 12.1. The van der Waals surface area contributed by atoms with Crippen molar-refractivity contribution in [3.63, 3.8) is 0 Å². The first-order chi connectivity index (χ1) is 8.28. The van der Waals surface area contributed by atoms with E-state index in [4.69, 9.17) is 5.26 Å². The molecule has 4 heteroatoms. The lowest BCUT2D eigenvalue weighted by molar-refractivity contribution is 0.984. The van der Waals surface area contributed by atoms with Crippen molar-refractivity contribution < 1.29 is 0 Å². The molecule has 0 spiro atoms. The van der Waals surface area contributed by atoms with Crippen LogP contribution in [0.25, 0.3) is 0 Å². The fraction of sp³-hybridized carbons (Fsp3) is 0.154. The van der Waals surface area contributed by atoms with Crippen molar-refractivity contribution in [3.8, 4) is 6.07 Å². The highest BCUT2D eigenvalue weighted by molar-refractivity contribution is 5.47. The summed E-state index contributed by atoms with van der Waals surface area (Å²) in [4.78, 5) is 8.42. The van der Waals surface area contributed by atoms with Crippen LogP contribution in [-0.4, -0.2) is 9.97 Å². The number of nitriles is 1. The van der Waals surface area contributed by atoms with Crippen LogP contribution in [0, 0.1) is 18.3 Å². The zero-order valence-corrected chi connectivity index (χ0v) is 9.51. The monoisotopic (exact) mass is 224 g/mol. The lowest BCUT2D eigenvalue weighted by Gasteiger charge is -2.05. The Morgan fingerprint density at radius 2 is 1.94 bits per heavy atom. The summed E-state index contributed by atoms with van der Waals surface area (Å²) in [5, 5.41) is 11.9. The van der Waals surface area contributed by atoms with Gasteiger partial charge in [0.1, 0.15) is 0 Å². The normalized spacial score (nSPS) is 9.65. The molecule has 0 aliphatic rings. The third-order valence-corrected chi connectivity index (χ3v) is 2.32. The van der Waals surface area contributed by atoms with Crippen LogP contribution in [0.1, 0.15) is 17.0 Å². The summed E-state index contributed by atoms with van der Waals surface area (Å²) in [7, 11) is 0. The van der Waals surface area contributed by atoms with Gasteiger partial charge in [0.2, 0.25) is 0 Å². The molecule has 0 bridgehead atoms. The van der Waals surface area contributed by atoms with Gasteiger partial charge >= 0.3 is 0 Å². The van der Waals surface area contributed by atoms with Crippen molar-refractivity contribution in [1.29, 1.82) is 5.26 Å². The fourth-order valence-electron chi connectivity index (χ4n) is 1.37. The van der Waals surface area contributed by atoms with E-state index >= 15 is 0 Å². The van der Waals surface area contributed by atoms with Crippen molar-refractivity contribution in [2.45, 2.75) is 13.5 Å². The van der Waals surface area contributed by atoms with E-state index in [9.17, 15) is 0 Å². The maximum absolute atomic E-state index is 8.67. The number of nitrogens with zero attached hydrogens (tertiary/aromatic N) is 3. The quantitative estimate of drug-likeness (QED) is 0.868. The summed E-state index contributed by atoms with van der Waals surface area (Å²) in [5.41, 5.74) is 3.42. The molecule has 1 N–H and O–H groups in total. The number of hydrogen-bond donors (Lipinski definition) is 1. The van der Waals surface area contributed by atoms with Crippen LogP contribution >= 0.6 is 0 Å². The highest BCUT2D eigenvalue weighted by atomic mass is 14.9. The van der Waals surface area contributed by atoms with Gasteiger partial charge in [0.15, 0.2) is 0 Å². The summed E-state index contributed by atoms with van der Waals surface area (Å²) in [5.74, 6) is 0. The van der Waals surface area contributed by atoms with Crippen LogP contribution in [0.2, 0.25) is 0 Å². The van der Waals surface area contributed by atoms with E-state index in [1.165, 1.54) is 0 Å². The number of aromatic nitrogens is 2. The average Bonchev–Trinajstić information content (AvgIpc) is 2.39. The summed E-state index contributed by atoms with van der Waals surface area (Å²) >= 11 is 0. The van der Waals surface area contributed by atoms with Gasteiger partial charge in [-0.3, -0.25) is 9.97 Å². The number of aryl methyl sites for hydroxylation is 1. The fourth-order valence-corrected chi connectivity index (χ4v) is 1.37. The maximum atomic E-state index is 8.67. The molecule has 84 valence electrons. The van der Waals surface area contributed by atoms with E-state index in [0.29, 0.717) is 12.1 Å². The number of hydrogen-bond acceptors (Lipinski definition) is 4. The van der Waals surface area contributed by atoms with Gasteiger partial charge in [0, 0.05) is 11.9 Å². The molecule has 0 unspecified atom stereocenters. The van der Waals surface area contributed by atoms with E-state index in [-0.39, 0.29) is 0 Å². The van der Waals surface area contributed by atoms with Gasteiger partial charge in [-0.05, 0) is 31.2 Å². The van der Waals surface area contributed by atoms with Crippen molar-refractivity contribution >= 4 is 5.69 Å². The Kier molecular flexibility index (Phi) is 3.31. The average molecular weight is 224 g/mol. The lowest BCUT2D eigenvalue weighted by atomic mass is 10.2. The first-order valence-corrected chi connectivity index (χ1v) is 5.29. The maximum Gasteiger partial charge on any atom is 0.0991 e. The molecule has 0 saturated heterocycles. The molecule has 0 atom stereocenters. The predicted molar refractivity (Wildman–Crippen MR) is 65.3 cm³/mol. The molecule has 0 amide bonds. The molecular formula is C13H12N4. The third-order valence-electron chi connectivity index (χ3n) is 2.32. The Balaban J connectivity index is 1.98. The Morgan fingerprint density at radius 1 is 1.18 bits per heavy atom. The van der Waals surface area contributed by atoms with Gasteiger partial charge in [-0.25, -0.2) is 0 Å². The molecule has 0 aliphatic carbocycles. The molecule has 1 aromatic carbocycles. The predicted octanol–water partition coefficient (Wildman–Crippen LogP) is 2.27. The third kappa shape index (κ3) is 3.02. The van der Waals surface area contributed by atoms with Gasteiger partial charge in [-0.1, -0.05) is 0 Å². The molecule has 1 aromatic heterocycles. The zero-order valence-electron chi connectivity index (χ0n) is 9.51. The van der Waals surface area contributed by atoms with E-state index in [1.54, 1.807) is 24.5 Å². The minimum atomic E-state index is 0.624. The first kappa shape index (κ1) is 11.1. The summed E-state index contributed by atoms with van der Waals surface area (Å²) < 4.78 is 0. The van der Waals surface area contributed by atoms with E-state index in [1.807, 2.05) is 19.1 Å². The largest absolute Gasteiger partial charge is 0.379 e. The highest BCUT2D eigenvalue weighted by Crippen LogP contribution is 2.09. The minimum absolute atomic E-state index is 0.624. The molecule has 4 nitrogen and oxygen atoms in total. The van der Waals surface area contributed by atoms with Gasteiger partial charge in [0.05, 0.1) is 35.8 Å². The molecule has 2 aromatic rings. The first-order valence-electron chi connectivity index (χ1n) is 5.29. The SMILES string of the molecule is Cc1cnc(CNc2ccc(C#N)cc2)cn1. The van der Waals surface area contributed by atoms with Crippen LogP contribution in [0.15, 0.2) is 36.7 Å². The minimum Gasteiger partial charge on any atom is -0.379 e. The molecular weight excluding hydrogens is 212 g/mol. The second kappa shape index (κ2) is 5.08. The van der Waals surface area contributed by atoms with Crippen molar-refractivity contribution in [1.82, 2.24) is 9.97 Å². The Bertz CT molecular complexity index is 523. The number of nitrogens with one attached hydrogen (secondary N) is 1. The molecule has 0 saturated carbocycles. The number of anilines is 1. The highest BCUT2D eigenvalue weighted by Gasteiger charge is 1.96. The van der Waals surface area contributed by atoms with Crippen LogP contribution in [-0.2, 0) is 6.54 Å². The summed E-state index contributed by atoms with van der Waals surface area (Å²) in [6.45, 7) is 2.53. The van der Waals surface area contributed by atoms with Crippen molar-refractivity contribution in [2.75, 3.05) is 5.32 Å². The number of rotatable bonds is 3. The molecule has 0 aliphatic heterocycles. The van der Waals surface area contributed by atoms with E-state index < -0.39 is 0 Å². The molecule has 0 radical (unpaired) electrons. The topological polar surface area (TPSA) is 61.6 Å². The Labute approximate surface area is 100.0 Å². The van der Waals surface area contributed by atoms with Crippen LogP contribution in [0.3, 0.4) is 0 Å². The van der Waals surface area contributed by atoms with Crippen LogP contribution < -0.4 is 5.32 Å². The Morgan fingerprint density at radius 3 is 2.53 bits per heavy atom. The van der Waals surface area contributed by atoms with E-state index in [0.717, 1.165) is 17.1 Å². The lowest BCUT2D eigenvalue weighted by Crippen LogP contribution is -2.02. The summed E-state index contributed by atoms with van der Waals surface area (Å²) in [6, 6.07) is 9.40. The second-order valence-electron chi connectivity index (χ2n) is 3.69. The molecule has 0 fully saturated rings. The number of benzene rings is 1. The van der Waals surface area contributed by atoms with Crippen LogP contribution in [0.5, 0.6) is 0 Å². The summed E-state index contributed by atoms with van der Waals surface area (Å²) in [6.07, 6.45) is 3.50. The van der Waals surface area contributed by atoms with Gasteiger partial charge in [0.25, 0.3) is 0 Å². The molecule has 17 heavy (non-hydrogen) atoms. The molecule has 2 rings (SSSR count).